The predicted molar refractivity (Wildman–Crippen MR) is 49.6 cm³/mol. The average Bonchev–Trinajstić information content (AvgIpc) is 2.13. The molecule has 0 saturated carbocycles. The fourth-order valence-corrected chi connectivity index (χ4v) is 0.806. The Bertz CT molecular complexity index is 116. The molecular formula is C9H18O4. The van der Waals surface area contributed by atoms with Gasteiger partial charge >= 0.3 is 0 Å². The van der Waals surface area contributed by atoms with E-state index in [1.54, 1.807) is 14.2 Å². The summed E-state index contributed by atoms with van der Waals surface area (Å²) in [4.78, 5) is 0. The monoisotopic (exact) mass is 190 g/mol. The topological polar surface area (TPSA) is 36.9 Å². The van der Waals surface area contributed by atoms with Gasteiger partial charge in [-0.1, -0.05) is 6.58 Å². The second-order valence-corrected chi connectivity index (χ2v) is 2.45. The third-order valence-electron chi connectivity index (χ3n) is 1.38. The molecule has 0 saturated heterocycles. The van der Waals surface area contributed by atoms with Crippen LogP contribution in [0.2, 0.25) is 0 Å². The van der Waals surface area contributed by atoms with Crippen molar-refractivity contribution in [2.45, 2.75) is 6.10 Å². The lowest BCUT2D eigenvalue weighted by atomic mass is 10.4. The van der Waals surface area contributed by atoms with Crippen molar-refractivity contribution in [3.8, 4) is 0 Å². The van der Waals surface area contributed by atoms with E-state index in [4.69, 9.17) is 18.9 Å². The third-order valence-corrected chi connectivity index (χ3v) is 1.38. The van der Waals surface area contributed by atoms with Crippen molar-refractivity contribution in [3.05, 3.63) is 12.8 Å². The van der Waals surface area contributed by atoms with Crippen molar-refractivity contribution in [1.82, 2.24) is 0 Å². The largest absolute Gasteiger partial charge is 0.494 e. The molecule has 0 spiro atoms. The van der Waals surface area contributed by atoms with E-state index >= 15 is 0 Å². The van der Waals surface area contributed by atoms with Gasteiger partial charge < -0.3 is 18.9 Å². The first kappa shape index (κ1) is 12.4. The van der Waals surface area contributed by atoms with Crippen LogP contribution in [-0.4, -0.2) is 46.8 Å². The fourth-order valence-electron chi connectivity index (χ4n) is 0.806. The Morgan fingerprint density at radius 3 is 2.46 bits per heavy atom. The molecule has 0 aliphatic carbocycles. The average molecular weight is 190 g/mol. The zero-order chi connectivity index (χ0) is 9.94. The summed E-state index contributed by atoms with van der Waals surface area (Å²) >= 11 is 0. The molecule has 0 rings (SSSR count). The van der Waals surface area contributed by atoms with E-state index in [1.165, 1.54) is 6.26 Å². The smallest absolute Gasteiger partial charge is 0.144 e. The van der Waals surface area contributed by atoms with Crippen LogP contribution < -0.4 is 0 Å². The molecule has 1 atom stereocenters. The Morgan fingerprint density at radius 1 is 1.15 bits per heavy atom. The quantitative estimate of drug-likeness (QED) is 0.398. The van der Waals surface area contributed by atoms with Crippen LogP contribution in [0, 0.1) is 0 Å². The molecule has 0 amide bonds. The second-order valence-electron chi connectivity index (χ2n) is 2.45. The van der Waals surface area contributed by atoms with Gasteiger partial charge in [0.05, 0.1) is 32.7 Å². The van der Waals surface area contributed by atoms with Crippen molar-refractivity contribution in [1.29, 1.82) is 0 Å². The minimum absolute atomic E-state index is 0.0839. The maximum absolute atomic E-state index is 5.26. The molecule has 0 bridgehead atoms. The van der Waals surface area contributed by atoms with Crippen LogP contribution in [0.1, 0.15) is 0 Å². The first-order valence-electron chi connectivity index (χ1n) is 4.17. The normalized spacial score (nSPS) is 12.5. The van der Waals surface area contributed by atoms with Crippen molar-refractivity contribution in [2.75, 3.05) is 40.6 Å². The maximum Gasteiger partial charge on any atom is 0.144 e. The summed E-state index contributed by atoms with van der Waals surface area (Å²) < 4.78 is 20.2. The van der Waals surface area contributed by atoms with Gasteiger partial charge in [0.15, 0.2) is 0 Å². The van der Waals surface area contributed by atoms with Crippen LogP contribution in [0.25, 0.3) is 0 Å². The number of hydrogen-bond donors (Lipinski definition) is 0. The molecule has 0 fully saturated rings. The molecule has 78 valence electrons. The Balaban J connectivity index is 3.38. The minimum atomic E-state index is -0.0839. The van der Waals surface area contributed by atoms with Crippen molar-refractivity contribution >= 4 is 0 Å². The summed E-state index contributed by atoms with van der Waals surface area (Å²) in [5, 5.41) is 0. The highest BCUT2D eigenvalue weighted by molar-refractivity contribution is 4.60. The summed E-state index contributed by atoms with van der Waals surface area (Å²) in [6.07, 6.45) is 1.31. The van der Waals surface area contributed by atoms with Gasteiger partial charge in [-0.25, -0.2) is 0 Å². The van der Waals surface area contributed by atoms with Crippen LogP contribution in [0.3, 0.4) is 0 Å². The Kier molecular flexibility index (Phi) is 9.08. The molecule has 0 heterocycles. The predicted octanol–water partition coefficient (Wildman–Crippen LogP) is 0.825. The zero-order valence-electron chi connectivity index (χ0n) is 8.32. The molecule has 0 N–H and O–H groups in total. The van der Waals surface area contributed by atoms with Crippen molar-refractivity contribution < 1.29 is 18.9 Å². The van der Waals surface area contributed by atoms with Crippen LogP contribution in [0.4, 0.5) is 0 Å². The summed E-state index contributed by atoms with van der Waals surface area (Å²) in [5.41, 5.74) is 0. The molecule has 1 unspecified atom stereocenters. The highest BCUT2D eigenvalue weighted by Crippen LogP contribution is 1.94. The van der Waals surface area contributed by atoms with Gasteiger partial charge in [-0.05, 0) is 0 Å². The number of methoxy groups -OCH3 is 2. The van der Waals surface area contributed by atoms with Gasteiger partial charge in [0.1, 0.15) is 6.10 Å². The van der Waals surface area contributed by atoms with Gasteiger partial charge in [-0.15, -0.1) is 0 Å². The highest BCUT2D eigenvalue weighted by atomic mass is 16.6. The summed E-state index contributed by atoms with van der Waals surface area (Å²) in [7, 11) is 3.25. The Hall–Kier alpha value is -0.580. The molecular weight excluding hydrogens is 172 g/mol. The van der Waals surface area contributed by atoms with E-state index in [0.29, 0.717) is 26.4 Å². The molecule has 0 aromatic carbocycles. The molecule has 13 heavy (non-hydrogen) atoms. The van der Waals surface area contributed by atoms with Gasteiger partial charge in [0.2, 0.25) is 0 Å². The third kappa shape index (κ3) is 7.77. The maximum atomic E-state index is 5.26. The summed E-state index contributed by atoms with van der Waals surface area (Å²) in [6, 6.07) is 0. The van der Waals surface area contributed by atoms with Gasteiger partial charge in [0.25, 0.3) is 0 Å². The van der Waals surface area contributed by atoms with Crippen molar-refractivity contribution in [2.24, 2.45) is 0 Å². The van der Waals surface area contributed by atoms with E-state index in [0.717, 1.165) is 0 Å². The van der Waals surface area contributed by atoms with Crippen LogP contribution in [0.15, 0.2) is 12.8 Å². The molecule has 4 nitrogen and oxygen atoms in total. The van der Waals surface area contributed by atoms with E-state index in [-0.39, 0.29) is 6.10 Å². The Labute approximate surface area is 79.4 Å². The van der Waals surface area contributed by atoms with Crippen LogP contribution in [0.5, 0.6) is 0 Å². The van der Waals surface area contributed by atoms with E-state index in [1.807, 2.05) is 0 Å². The molecule has 0 aromatic heterocycles. The van der Waals surface area contributed by atoms with Gasteiger partial charge in [-0.3, -0.25) is 0 Å². The first-order valence-corrected chi connectivity index (χ1v) is 4.17. The lowest BCUT2D eigenvalue weighted by Crippen LogP contribution is -2.24. The highest BCUT2D eigenvalue weighted by Gasteiger charge is 2.07. The van der Waals surface area contributed by atoms with E-state index in [2.05, 4.69) is 6.58 Å². The first-order chi connectivity index (χ1) is 6.35. The zero-order valence-corrected chi connectivity index (χ0v) is 8.32. The Morgan fingerprint density at radius 2 is 1.92 bits per heavy atom. The fraction of sp³-hybridized carbons (Fsp3) is 0.778. The molecule has 0 radical (unpaired) electrons. The molecule has 0 aliphatic rings. The van der Waals surface area contributed by atoms with Crippen molar-refractivity contribution in [3.63, 3.8) is 0 Å². The van der Waals surface area contributed by atoms with Crippen LogP contribution in [-0.2, 0) is 18.9 Å². The van der Waals surface area contributed by atoms with E-state index < -0.39 is 0 Å². The van der Waals surface area contributed by atoms with Gasteiger partial charge in [0, 0.05) is 14.2 Å². The number of hydrogen-bond acceptors (Lipinski definition) is 4. The number of rotatable bonds is 9. The summed E-state index contributed by atoms with van der Waals surface area (Å²) in [6.45, 7) is 5.62. The second kappa shape index (κ2) is 9.51. The molecule has 0 aliphatic heterocycles. The molecule has 0 aromatic rings. The van der Waals surface area contributed by atoms with Crippen LogP contribution >= 0.6 is 0 Å². The standard InChI is InChI=1S/C9H18O4/c1-4-13-9(7-11-3)8-12-6-5-10-2/h4,9H,1,5-8H2,2-3H3. The SMILES string of the molecule is C=COC(COC)COCCOC. The minimum Gasteiger partial charge on any atom is -0.494 e. The van der Waals surface area contributed by atoms with E-state index in [9.17, 15) is 0 Å². The lowest BCUT2D eigenvalue weighted by molar-refractivity contribution is -0.0243. The van der Waals surface area contributed by atoms with Gasteiger partial charge in [-0.2, -0.15) is 0 Å². The number of ether oxygens (including phenoxy) is 4. The molecule has 4 heteroatoms. The lowest BCUT2D eigenvalue weighted by Gasteiger charge is -2.15. The summed E-state index contributed by atoms with van der Waals surface area (Å²) in [5.74, 6) is 0.